The lowest BCUT2D eigenvalue weighted by atomic mass is 10.1. The number of anilines is 2. The zero-order chi connectivity index (χ0) is 22.9. The van der Waals surface area contributed by atoms with Crippen LogP contribution in [0.25, 0.3) is 11.3 Å². The van der Waals surface area contributed by atoms with E-state index in [2.05, 4.69) is 30.4 Å². The van der Waals surface area contributed by atoms with Crippen molar-refractivity contribution in [2.24, 2.45) is 4.99 Å². The number of amidine groups is 1. The van der Waals surface area contributed by atoms with Crippen LogP contribution >= 0.6 is 0 Å². The van der Waals surface area contributed by atoms with Crippen molar-refractivity contribution in [3.8, 4) is 11.3 Å². The number of nitrogens with zero attached hydrogens (tertiary/aromatic N) is 4. The number of methoxy groups -OCH3 is 1. The van der Waals surface area contributed by atoms with Crippen LogP contribution < -0.4 is 10.2 Å². The van der Waals surface area contributed by atoms with E-state index in [-0.39, 0.29) is 17.5 Å². The maximum atomic E-state index is 14.6. The van der Waals surface area contributed by atoms with Crippen LogP contribution in [0.3, 0.4) is 0 Å². The predicted molar refractivity (Wildman–Crippen MR) is 121 cm³/mol. The quantitative estimate of drug-likeness (QED) is 0.610. The fourth-order valence-corrected chi connectivity index (χ4v) is 4.12. The molecule has 10 heteroatoms. The molecule has 2 N–H and O–H groups in total. The minimum absolute atomic E-state index is 0.0552. The number of aromatic nitrogens is 3. The summed E-state index contributed by atoms with van der Waals surface area (Å²) in [5.41, 5.74) is 2.89. The van der Waals surface area contributed by atoms with Crippen LogP contribution in [0.2, 0.25) is 0 Å². The Kier molecular flexibility index (Phi) is 5.77. The van der Waals surface area contributed by atoms with E-state index in [1.807, 2.05) is 13.0 Å². The Morgan fingerprint density at radius 3 is 2.88 bits per heavy atom. The molecule has 0 saturated carbocycles. The standard InChI is InChI=1S/C23H24F2N6O2/c1-13-21-22(30-29-13)15-10-19(31-7-9-33-14(12-31)6-8-32-2)26-11-18(15)27-23(28-21)20-16(24)4-3-5-17(20)25/h3-5,10-11,14H,6-9,12H2,1-2H3,(H,27,28)(H,29,30). The van der Waals surface area contributed by atoms with Gasteiger partial charge in [0.2, 0.25) is 0 Å². The Morgan fingerprint density at radius 2 is 2.09 bits per heavy atom. The molecular weight excluding hydrogens is 430 g/mol. The van der Waals surface area contributed by atoms with Crippen LogP contribution in [-0.2, 0) is 9.47 Å². The number of aryl methyl sites for hydroxylation is 1. The van der Waals surface area contributed by atoms with Crippen LogP contribution in [0.5, 0.6) is 0 Å². The van der Waals surface area contributed by atoms with Crippen LogP contribution in [0.4, 0.5) is 26.0 Å². The van der Waals surface area contributed by atoms with Gasteiger partial charge in [0.05, 0.1) is 35.9 Å². The normalized spacial score (nSPS) is 17.6. The fourth-order valence-electron chi connectivity index (χ4n) is 4.12. The number of halogens is 2. The molecule has 8 nitrogen and oxygen atoms in total. The molecule has 5 rings (SSSR count). The average molecular weight is 454 g/mol. The van der Waals surface area contributed by atoms with Crippen molar-refractivity contribution in [3.63, 3.8) is 0 Å². The first-order chi connectivity index (χ1) is 16.0. The highest BCUT2D eigenvalue weighted by molar-refractivity contribution is 6.13. The second-order valence-electron chi connectivity index (χ2n) is 8.04. The van der Waals surface area contributed by atoms with E-state index < -0.39 is 11.6 Å². The van der Waals surface area contributed by atoms with E-state index in [9.17, 15) is 8.78 Å². The van der Waals surface area contributed by atoms with Gasteiger partial charge in [-0.25, -0.2) is 18.8 Å². The zero-order valence-corrected chi connectivity index (χ0v) is 18.4. The molecule has 0 spiro atoms. The Labute approximate surface area is 189 Å². The number of ether oxygens (including phenoxy) is 2. The van der Waals surface area contributed by atoms with E-state index in [0.717, 1.165) is 17.8 Å². The Balaban J connectivity index is 1.54. The van der Waals surface area contributed by atoms with Gasteiger partial charge in [0, 0.05) is 32.4 Å². The molecule has 1 aromatic carbocycles. The van der Waals surface area contributed by atoms with E-state index in [1.54, 1.807) is 13.3 Å². The monoisotopic (exact) mass is 454 g/mol. The molecule has 2 aliphatic rings. The van der Waals surface area contributed by atoms with Crippen molar-refractivity contribution in [3.05, 3.63) is 53.4 Å². The SMILES string of the molecule is COCCC1CN(c2cc3c(cn2)NC(c2c(F)cccc2F)=Nc2c-3n[nH]c2C)CCO1. The van der Waals surface area contributed by atoms with Gasteiger partial charge in [0.1, 0.15) is 34.7 Å². The summed E-state index contributed by atoms with van der Waals surface area (Å²) < 4.78 is 40.1. The van der Waals surface area contributed by atoms with Gasteiger partial charge < -0.3 is 19.7 Å². The molecular formula is C23H24F2N6O2. The van der Waals surface area contributed by atoms with Gasteiger partial charge in [-0.05, 0) is 31.5 Å². The molecule has 0 aliphatic carbocycles. The Bertz CT molecular complexity index is 1190. The van der Waals surface area contributed by atoms with Gasteiger partial charge in [-0.3, -0.25) is 5.10 Å². The van der Waals surface area contributed by atoms with E-state index in [4.69, 9.17) is 9.47 Å². The van der Waals surface area contributed by atoms with Gasteiger partial charge in [-0.15, -0.1) is 0 Å². The summed E-state index contributed by atoms with van der Waals surface area (Å²) in [4.78, 5) is 11.3. The summed E-state index contributed by atoms with van der Waals surface area (Å²) in [5, 5.41) is 10.4. The second-order valence-corrected chi connectivity index (χ2v) is 8.04. The largest absolute Gasteiger partial charge is 0.385 e. The molecule has 1 atom stereocenters. The highest BCUT2D eigenvalue weighted by Crippen LogP contribution is 2.40. The Hall–Kier alpha value is -3.37. The molecule has 0 bridgehead atoms. The summed E-state index contributed by atoms with van der Waals surface area (Å²) >= 11 is 0. The number of benzene rings is 1. The number of aliphatic imine (C=N–C) groups is 1. The minimum atomic E-state index is -0.701. The lowest BCUT2D eigenvalue weighted by Crippen LogP contribution is -2.43. The lowest BCUT2D eigenvalue weighted by molar-refractivity contribution is 0.0189. The number of pyridine rings is 1. The number of rotatable bonds is 5. The highest BCUT2D eigenvalue weighted by Gasteiger charge is 2.27. The molecule has 0 radical (unpaired) electrons. The second kappa shape index (κ2) is 8.87. The molecule has 1 fully saturated rings. The van der Waals surface area contributed by atoms with Crippen LogP contribution in [0.15, 0.2) is 35.5 Å². The number of morpholine rings is 1. The third-order valence-corrected chi connectivity index (χ3v) is 5.84. The third-order valence-electron chi connectivity index (χ3n) is 5.84. The Morgan fingerprint density at radius 1 is 1.27 bits per heavy atom. The first-order valence-electron chi connectivity index (χ1n) is 10.8. The van der Waals surface area contributed by atoms with E-state index >= 15 is 0 Å². The smallest absolute Gasteiger partial charge is 0.144 e. The summed E-state index contributed by atoms with van der Waals surface area (Å²) in [6.07, 6.45) is 2.50. The third kappa shape index (κ3) is 4.07. The number of H-pyrrole nitrogens is 1. The van der Waals surface area contributed by atoms with Crippen LogP contribution in [-0.4, -0.2) is 60.5 Å². The topological polar surface area (TPSA) is 87.7 Å². The number of nitrogens with one attached hydrogen (secondary N) is 2. The van der Waals surface area contributed by atoms with E-state index in [1.165, 1.54) is 18.2 Å². The summed E-state index contributed by atoms with van der Waals surface area (Å²) in [6.45, 7) is 4.44. The van der Waals surface area contributed by atoms with Crippen molar-refractivity contribution in [2.75, 3.05) is 43.6 Å². The molecule has 1 unspecified atom stereocenters. The van der Waals surface area contributed by atoms with Crippen LogP contribution in [0.1, 0.15) is 17.7 Å². The molecule has 33 heavy (non-hydrogen) atoms. The fraction of sp³-hybridized carbons (Fsp3) is 0.348. The molecule has 2 aromatic heterocycles. The van der Waals surface area contributed by atoms with Crippen molar-refractivity contribution in [2.45, 2.75) is 19.4 Å². The summed E-state index contributed by atoms with van der Waals surface area (Å²) in [5.74, 6) is -0.566. The number of hydrogen-bond donors (Lipinski definition) is 2. The van der Waals surface area contributed by atoms with Crippen molar-refractivity contribution >= 4 is 23.0 Å². The van der Waals surface area contributed by atoms with Crippen molar-refractivity contribution in [1.29, 1.82) is 0 Å². The number of aromatic amines is 1. The minimum Gasteiger partial charge on any atom is -0.385 e. The van der Waals surface area contributed by atoms with Crippen LogP contribution in [0, 0.1) is 18.6 Å². The number of fused-ring (bicyclic) bond motifs is 3. The molecule has 3 aromatic rings. The van der Waals surface area contributed by atoms with E-state index in [0.29, 0.717) is 49.1 Å². The first-order valence-corrected chi connectivity index (χ1v) is 10.8. The van der Waals surface area contributed by atoms with Crippen molar-refractivity contribution < 1.29 is 18.3 Å². The molecule has 172 valence electrons. The maximum Gasteiger partial charge on any atom is 0.144 e. The van der Waals surface area contributed by atoms with Crippen molar-refractivity contribution in [1.82, 2.24) is 15.2 Å². The molecule has 0 amide bonds. The van der Waals surface area contributed by atoms with Gasteiger partial charge in [0.25, 0.3) is 0 Å². The average Bonchev–Trinajstić information content (AvgIpc) is 3.09. The van der Waals surface area contributed by atoms with Gasteiger partial charge >= 0.3 is 0 Å². The predicted octanol–water partition coefficient (Wildman–Crippen LogP) is 3.80. The lowest BCUT2D eigenvalue weighted by Gasteiger charge is -2.34. The maximum absolute atomic E-state index is 14.6. The first kappa shape index (κ1) is 21.5. The summed E-state index contributed by atoms with van der Waals surface area (Å²) in [6, 6.07) is 5.66. The number of hydrogen-bond acceptors (Lipinski definition) is 7. The van der Waals surface area contributed by atoms with Gasteiger partial charge in [0.15, 0.2) is 0 Å². The highest BCUT2D eigenvalue weighted by atomic mass is 19.1. The molecule has 4 heterocycles. The zero-order valence-electron chi connectivity index (χ0n) is 18.4. The summed E-state index contributed by atoms with van der Waals surface area (Å²) in [7, 11) is 1.68. The molecule has 2 aliphatic heterocycles. The van der Waals surface area contributed by atoms with Gasteiger partial charge in [-0.1, -0.05) is 6.07 Å². The molecule has 1 saturated heterocycles. The van der Waals surface area contributed by atoms with Gasteiger partial charge in [-0.2, -0.15) is 5.10 Å².